The number of carbonyl (C=O) groups excluding carboxylic acids is 1. The fourth-order valence-corrected chi connectivity index (χ4v) is 3.95. The average molecular weight is 517 g/mol. The number of aromatic nitrogens is 1. The maximum absolute atomic E-state index is 12.8. The largest absolute Gasteiger partial charge is 0.436 e. The summed E-state index contributed by atoms with van der Waals surface area (Å²) in [6.45, 7) is 5.99. The number of nitrogens with zero attached hydrogens (tertiary/aromatic N) is 1. The van der Waals surface area contributed by atoms with Crippen molar-refractivity contribution in [2.45, 2.75) is 20.8 Å². The molecule has 1 heterocycles. The number of carbonyl (C=O) groups is 1. The van der Waals surface area contributed by atoms with Gasteiger partial charge in [-0.1, -0.05) is 23.7 Å². The van der Waals surface area contributed by atoms with E-state index in [2.05, 4.69) is 39.0 Å². The van der Waals surface area contributed by atoms with E-state index in [1.807, 2.05) is 51.1 Å². The summed E-state index contributed by atoms with van der Waals surface area (Å²) < 4.78 is 6.96. The number of hydrogen-bond acceptors (Lipinski definition) is 3. The Bertz CT molecular complexity index is 1260. The van der Waals surface area contributed by atoms with Gasteiger partial charge in [-0.3, -0.25) is 4.79 Å². The highest BCUT2D eigenvalue weighted by molar-refractivity contribution is 14.1. The molecule has 1 amide bonds. The lowest BCUT2D eigenvalue weighted by molar-refractivity contribution is 0.102. The molecule has 0 spiro atoms. The van der Waals surface area contributed by atoms with E-state index in [1.165, 1.54) is 0 Å². The fourth-order valence-electron chi connectivity index (χ4n) is 3.25. The van der Waals surface area contributed by atoms with Crippen molar-refractivity contribution in [1.29, 1.82) is 0 Å². The molecule has 0 aliphatic rings. The Hall–Kier alpha value is -2.38. The molecule has 1 N–H and O–H groups in total. The molecule has 29 heavy (non-hydrogen) atoms. The number of hydrogen-bond donors (Lipinski definition) is 1. The minimum Gasteiger partial charge on any atom is -0.436 e. The molecule has 0 radical (unpaired) electrons. The Balaban J connectivity index is 1.70. The zero-order chi connectivity index (χ0) is 20.7. The van der Waals surface area contributed by atoms with Gasteiger partial charge in [0.2, 0.25) is 5.89 Å². The van der Waals surface area contributed by atoms with Crippen LogP contribution in [0, 0.1) is 24.3 Å². The van der Waals surface area contributed by atoms with Crippen LogP contribution in [0.25, 0.3) is 22.6 Å². The van der Waals surface area contributed by atoms with Crippen molar-refractivity contribution >= 4 is 56.9 Å². The number of anilines is 1. The summed E-state index contributed by atoms with van der Waals surface area (Å²) in [4.78, 5) is 17.4. The van der Waals surface area contributed by atoms with Crippen LogP contribution in [0.4, 0.5) is 5.69 Å². The van der Waals surface area contributed by atoms with Crippen molar-refractivity contribution in [1.82, 2.24) is 4.98 Å². The van der Waals surface area contributed by atoms with Crippen LogP contribution in [0.3, 0.4) is 0 Å². The minimum absolute atomic E-state index is 0.252. The fraction of sp³-hybridized carbons (Fsp3) is 0.130. The third-order valence-electron chi connectivity index (χ3n) is 4.73. The third kappa shape index (κ3) is 4.02. The van der Waals surface area contributed by atoms with Crippen molar-refractivity contribution in [2.24, 2.45) is 0 Å². The highest BCUT2D eigenvalue weighted by atomic mass is 127. The number of rotatable bonds is 3. The first kappa shape index (κ1) is 19.9. The number of aryl methyl sites for hydroxylation is 3. The van der Waals surface area contributed by atoms with E-state index in [-0.39, 0.29) is 5.91 Å². The van der Waals surface area contributed by atoms with Crippen molar-refractivity contribution < 1.29 is 9.21 Å². The number of amides is 1. The zero-order valence-corrected chi connectivity index (χ0v) is 19.1. The number of benzene rings is 3. The molecule has 4 aromatic rings. The maximum atomic E-state index is 12.8. The van der Waals surface area contributed by atoms with Crippen molar-refractivity contribution in [3.05, 3.63) is 79.4 Å². The van der Waals surface area contributed by atoms with Crippen LogP contribution >= 0.6 is 34.2 Å². The first-order valence-electron chi connectivity index (χ1n) is 9.07. The van der Waals surface area contributed by atoms with Gasteiger partial charge in [0.15, 0.2) is 5.58 Å². The van der Waals surface area contributed by atoms with E-state index in [9.17, 15) is 4.79 Å². The first-order valence-corrected chi connectivity index (χ1v) is 10.5. The molecule has 6 heteroatoms. The third-order valence-corrected chi connectivity index (χ3v) is 5.73. The standard InChI is InChI=1S/C23H18ClIN2O2/c1-12-8-14(3)21-20(9-12)27-23(29-21)15-5-4-13(2)19(10-15)26-22(28)17-11-16(25)6-7-18(17)24/h4-11H,1-3H3,(H,26,28). The van der Waals surface area contributed by atoms with Gasteiger partial charge in [-0.2, -0.15) is 0 Å². The predicted octanol–water partition coefficient (Wildman–Crippen LogP) is 6.93. The van der Waals surface area contributed by atoms with Gasteiger partial charge in [-0.25, -0.2) is 4.98 Å². The summed E-state index contributed by atoms with van der Waals surface area (Å²) in [5, 5.41) is 3.38. The number of fused-ring (bicyclic) bond motifs is 1. The highest BCUT2D eigenvalue weighted by Crippen LogP contribution is 2.30. The molecule has 0 aliphatic carbocycles. The van der Waals surface area contributed by atoms with E-state index in [4.69, 9.17) is 16.0 Å². The Morgan fingerprint density at radius 1 is 1.03 bits per heavy atom. The maximum Gasteiger partial charge on any atom is 0.257 e. The average Bonchev–Trinajstić information content (AvgIpc) is 3.09. The minimum atomic E-state index is -0.252. The lowest BCUT2D eigenvalue weighted by atomic mass is 10.1. The molecule has 1 aromatic heterocycles. The first-order chi connectivity index (χ1) is 13.8. The van der Waals surface area contributed by atoms with Gasteiger partial charge in [0, 0.05) is 14.8 Å². The molecule has 0 aliphatic heterocycles. The summed E-state index contributed by atoms with van der Waals surface area (Å²) in [6, 6.07) is 15.2. The normalized spacial score (nSPS) is 11.1. The van der Waals surface area contributed by atoms with Gasteiger partial charge in [0.1, 0.15) is 5.52 Å². The van der Waals surface area contributed by atoms with Crippen molar-refractivity contribution in [3.63, 3.8) is 0 Å². The van der Waals surface area contributed by atoms with Crippen LogP contribution in [-0.2, 0) is 0 Å². The van der Waals surface area contributed by atoms with E-state index in [0.717, 1.165) is 36.9 Å². The summed E-state index contributed by atoms with van der Waals surface area (Å²) in [5.74, 6) is 0.272. The van der Waals surface area contributed by atoms with Crippen molar-refractivity contribution in [3.8, 4) is 11.5 Å². The van der Waals surface area contributed by atoms with Gasteiger partial charge in [-0.05, 0) is 96.5 Å². The lowest BCUT2D eigenvalue weighted by Crippen LogP contribution is -2.13. The molecule has 146 valence electrons. The molecule has 4 nitrogen and oxygen atoms in total. The smallest absolute Gasteiger partial charge is 0.257 e. The van der Waals surface area contributed by atoms with E-state index in [1.54, 1.807) is 12.1 Å². The molecule has 0 saturated heterocycles. The molecular formula is C23H18ClIN2O2. The summed E-state index contributed by atoms with van der Waals surface area (Å²) in [7, 11) is 0. The second-order valence-electron chi connectivity index (χ2n) is 7.06. The summed E-state index contributed by atoms with van der Waals surface area (Å²) in [5.41, 5.74) is 6.67. The van der Waals surface area contributed by atoms with Crippen LogP contribution < -0.4 is 5.32 Å². The zero-order valence-electron chi connectivity index (χ0n) is 16.1. The lowest BCUT2D eigenvalue weighted by Gasteiger charge is -2.11. The van der Waals surface area contributed by atoms with Crippen LogP contribution in [0.5, 0.6) is 0 Å². The molecule has 0 fully saturated rings. The molecule has 3 aromatic carbocycles. The molecule has 0 unspecified atom stereocenters. The van der Waals surface area contributed by atoms with Crippen molar-refractivity contribution in [2.75, 3.05) is 5.32 Å². The quantitative estimate of drug-likeness (QED) is 0.300. The number of nitrogens with one attached hydrogen (secondary N) is 1. The molecule has 4 rings (SSSR count). The molecule has 0 atom stereocenters. The van der Waals surface area contributed by atoms with Gasteiger partial charge < -0.3 is 9.73 Å². The Morgan fingerprint density at radius 3 is 2.62 bits per heavy atom. The van der Waals surface area contributed by atoms with E-state index < -0.39 is 0 Å². The molecule has 0 saturated carbocycles. The SMILES string of the molecule is Cc1cc(C)c2oc(-c3ccc(C)c(NC(=O)c4cc(I)ccc4Cl)c3)nc2c1. The van der Waals surface area contributed by atoms with E-state index in [0.29, 0.717) is 22.2 Å². The second-order valence-corrected chi connectivity index (χ2v) is 8.71. The number of oxazole rings is 1. The van der Waals surface area contributed by atoms with Crippen LogP contribution in [0.15, 0.2) is 52.9 Å². The van der Waals surface area contributed by atoms with Gasteiger partial charge >= 0.3 is 0 Å². The predicted molar refractivity (Wildman–Crippen MR) is 126 cm³/mol. The Labute approximate surface area is 187 Å². The topological polar surface area (TPSA) is 55.1 Å². The van der Waals surface area contributed by atoms with Gasteiger partial charge in [-0.15, -0.1) is 0 Å². The van der Waals surface area contributed by atoms with Crippen LogP contribution in [0.2, 0.25) is 5.02 Å². The van der Waals surface area contributed by atoms with Gasteiger partial charge in [0.05, 0.1) is 10.6 Å². The Kier molecular flexibility index (Phi) is 5.36. The highest BCUT2D eigenvalue weighted by Gasteiger charge is 2.15. The van der Waals surface area contributed by atoms with E-state index >= 15 is 0 Å². The Morgan fingerprint density at radius 2 is 1.83 bits per heavy atom. The van der Waals surface area contributed by atoms with Crippen LogP contribution in [-0.4, -0.2) is 10.9 Å². The van der Waals surface area contributed by atoms with Gasteiger partial charge in [0.25, 0.3) is 5.91 Å². The summed E-state index contributed by atoms with van der Waals surface area (Å²) >= 11 is 8.37. The molecular weight excluding hydrogens is 499 g/mol. The van der Waals surface area contributed by atoms with Crippen LogP contribution in [0.1, 0.15) is 27.0 Å². The number of halogens is 2. The second kappa shape index (κ2) is 7.80. The monoisotopic (exact) mass is 516 g/mol. The summed E-state index contributed by atoms with van der Waals surface area (Å²) in [6.07, 6.45) is 0. The molecule has 0 bridgehead atoms.